The largest absolute Gasteiger partial charge is 0.493 e. The molecule has 0 aliphatic rings. The van der Waals surface area contributed by atoms with Crippen molar-refractivity contribution < 1.29 is 19.0 Å². The molecular formula is C22H28N2O4S. The minimum Gasteiger partial charge on any atom is -0.493 e. The van der Waals surface area contributed by atoms with Crippen LogP contribution in [0.1, 0.15) is 47.8 Å². The predicted octanol–water partition coefficient (Wildman–Crippen LogP) is 4.63. The lowest BCUT2D eigenvalue weighted by atomic mass is 10.0. The van der Waals surface area contributed by atoms with E-state index in [9.17, 15) is 4.79 Å². The van der Waals surface area contributed by atoms with Gasteiger partial charge in [0.2, 0.25) is 0 Å². The minimum absolute atomic E-state index is 0.00826. The highest BCUT2D eigenvalue weighted by Crippen LogP contribution is 2.31. The van der Waals surface area contributed by atoms with Gasteiger partial charge >= 0.3 is 5.97 Å². The molecule has 0 spiro atoms. The van der Waals surface area contributed by atoms with Gasteiger partial charge in [0.15, 0.2) is 16.6 Å². The maximum absolute atomic E-state index is 11.9. The maximum Gasteiger partial charge on any atom is 0.338 e. The Morgan fingerprint density at radius 1 is 1.07 bits per heavy atom. The Morgan fingerprint density at radius 2 is 1.79 bits per heavy atom. The lowest BCUT2D eigenvalue weighted by molar-refractivity contribution is 0.0526. The van der Waals surface area contributed by atoms with E-state index in [4.69, 9.17) is 26.4 Å². The molecule has 156 valence electrons. The number of hydrogen-bond donors (Lipinski definition) is 2. The standard InChI is InChI=1S/C22H28N2O4S/c1-6-17(15-9-11-19(26-4)20(13-15)27-5)23-22(29)24-18-10-8-16(12-14(18)3)21(25)28-7-2/h8-13,17H,6-7H2,1-5H3,(H2,23,24,29). The van der Waals surface area contributed by atoms with Crippen LogP contribution < -0.4 is 20.1 Å². The quantitative estimate of drug-likeness (QED) is 0.480. The molecule has 1 atom stereocenters. The van der Waals surface area contributed by atoms with E-state index in [-0.39, 0.29) is 12.0 Å². The summed E-state index contributed by atoms with van der Waals surface area (Å²) < 4.78 is 15.7. The van der Waals surface area contributed by atoms with E-state index in [2.05, 4.69) is 17.6 Å². The molecule has 6 nitrogen and oxygen atoms in total. The minimum atomic E-state index is -0.331. The number of aryl methyl sites for hydroxylation is 1. The summed E-state index contributed by atoms with van der Waals surface area (Å²) in [6, 6.07) is 11.2. The molecule has 0 fully saturated rings. The first-order valence-corrected chi connectivity index (χ1v) is 9.91. The highest BCUT2D eigenvalue weighted by molar-refractivity contribution is 7.80. The summed E-state index contributed by atoms with van der Waals surface area (Å²) >= 11 is 5.50. The second kappa shape index (κ2) is 10.7. The zero-order valence-corrected chi connectivity index (χ0v) is 18.3. The average molecular weight is 417 g/mol. The molecule has 29 heavy (non-hydrogen) atoms. The van der Waals surface area contributed by atoms with Crippen LogP contribution in [0.2, 0.25) is 0 Å². The number of hydrogen-bond acceptors (Lipinski definition) is 5. The molecule has 0 amide bonds. The van der Waals surface area contributed by atoms with Crippen LogP contribution in [-0.4, -0.2) is 31.9 Å². The highest BCUT2D eigenvalue weighted by Gasteiger charge is 2.15. The first kappa shape index (κ1) is 22.5. The van der Waals surface area contributed by atoms with Crippen LogP contribution in [0.5, 0.6) is 11.5 Å². The second-order valence-corrected chi connectivity index (χ2v) is 6.83. The van der Waals surface area contributed by atoms with E-state index < -0.39 is 0 Å². The van der Waals surface area contributed by atoms with Crippen molar-refractivity contribution in [3.63, 3.8) is 0 Å². The van der Waals surface area contributed by atoms with Gasteiger partial charge in [-0.2, -0.15) is 0 Å². The molecule has 0 aliphatic heterocycles. The van der Waals surface area contributed by atoms with Gasteiger partial charge in [-0.15, -0.1) is 0 Å². The van der Waals surface area contributed by atoms with Gasteiger partial charge in [-0.1, -0.05) is 13.0 Å². The van der Waals surface area contributed by atoms with Crippen molar-refractivity contribution in [2.45, 2.75) is 33.2 Å². The zero-order chi connectivity index (χ0) is 21.4. The summed E-state index contributed by atoms with van der Waals surface area (Å²) in [6.45, 7) is 6.13. The van der Waals surface area contributed by atoms with Crippen LogP contribution in [0.15, 0.2) is 36.4 Å². The van der Waals surface area contributed by atoms with Gasteiger partial charge in [0.1, 0.15) is 0 Å². The number of benzene rings is 2. The molecule has 0 aliphatic carbocycles. The van der Waals surface area contributed by atoms with E-state index in [0.29, 0.717) is 28.8 Å². The van der Waals surface area contributed by atoms with Crippen molar-refractivity contribution in [1.29, 1.82) is 0 Å². The lowest BCUT2D eigenvalue weighted by Gasteiger charge is -2.21. The smallest absolute Gasteiger partial charge is 0.338 e. The SMILES string of the molecule is CCOC(=O)c1ccc(NC(=S)NC(CC)c2ccc(OC)c(OC)c2)c(C)c1. The van der Waals surface area contributed by atoms with E-state index >= 15 is 0 Å². The number of carbonyl (C=O) groups excluding carboxylic acids is 1. The van der Waals surface area contributed by atoms with E-state index in [1.165, 1.54) is 0 Å². The summed E-state index contributed by atoms with van der Waals surface area (Å²) in [5.74, 6) is 1.03. The summed E-state index contributed by atoms with van der Waals surface area (Å²) in [5.41, 5.74) is 3.30. The molecule has 2 rings (SSSR count). The normalized spacial score (nSPS) is 11.3. The van der Waals surface area contributed by atoms with Crippen molar-refractivity contribution in [1.82, 2.24) is 5.32 Å². The van der Waals surface area contributed by atoms with Crippen molar-refractivity contribution >= 4 is 29.0 Å². The Morgan fingerprint density at radius 3 is 2.38 bits per heavy atom. The predicted molar refractivity (Wildman–Crippen MR) is 119 cm³/mol. The first-order valence-electron chi connectivity index (χ1n) is 9.50. The van der Waals surface area contributed by atoms with E-state index in [1.807, 2.05) is 31.2 Å². The van der Waals surface area contributed by atoms with Crippen LogP contribution >= 0.6 is 12.2 Å². The highest BCUT2D eigenvalue weighted by atomic mass is 32.1. The molecule has 2 N–H and O–H groups in total. The molecule has 0 aromatic heterocycles. The number of carbonyl (C=O) groups is 1. The fourth-order valence-electron chi connectivity index (χ4n) is 2.95. The topological polar surface area (TPSA) is 68.8 Å². The molecule has 0 heterocycles. The molecule has 1 unspecified atom stereocenters. The first-order chi connectivity index (χ1) is 13.9. The number of rotatable bonds is 8. The number of esters is 1. The number of thiocarbonyl (C=S) groups is 1. The van der Waals surface area contributed by atoms with Crippen LogP contribution in [0.25, 0.3) is 0 Å². The van der Waals surface area contributed by atoms with Crippen molar-refractivity contribution in [3.05, 3.63) is 53.1 Å². The molecule has 7 heteroatoms. The van der Waals surface area contributed by atoms with Gasteiger partial charge in [0.25, 0.3) is 0 Å². The Bertz CT molecular complexity index is 870. The summed E-state index contributed by atoms with van der Waals surface area (Å²) in [4.78, 5) is 11.9. The monoisotopic (exact) mass is 416 g/mol. The van der Waals surface area contributed by atoms with Crippen molar-refractivity contribution in [2.75, 3.05) is 26.1 Å². The molecule has 0 saturated carbocycles. The Hall–Kier alpha value is -2.80. The molecule has 2 aromatic rings. The van der Waals surface area contributed by atoms with Gasteiger partial charge in [-0.3, -0.25) is 0 Å². The fraction of sp³-hybridized carbons (Fsp3) is 0.364. The summed E-state index contributed by atoms with van der Waals surface area (Å²) in [6.07, 6.45) is 0.831. The molecular weight excluding hydrogens is 388 g/mol. The Labute approximate surface area is 177 Å². The summed E-state index contributed by atoms with van der Waals surface area (Å²) in [5, 5.41) is 7.04. The van der Waals surface area contributed by atoms with Crippen LogP contribution in [0, 0.1) is 6.92 Å². The fourth-order valence-corrected chi connectivity index (χ4v) is 3.20. The van der Waals surface area contributed by atoms with Crippen LogP contribution in [0.3, 0.4) is 0 Å². The number of nitrogens with one attached hydrogen (secondary N) is 2. The number of anilines is 1. The lowest BCUT2D eigenvalue weighted by Crippen LogP contribution is -2.32. The van der Waals surface area contributed by atoms with Gasteiger partial charge in [0.05, 0.1) is 32.4 Å². The van der Waals surface area contributed by atoms with Crippen LogP contribution in [0.4, 0.5) is 5.69 Å². The van der Waals surface area contributed by atoms with Gasteiger partial charge < -0.3 is 24.8 Å². The van der Waals surface area contributed by atoms with Crippen molar-refractivity contribution in [2.24, 2.45) is 0 Å². The Kier molecular flexibility index (Phi) is 8.27. The Balaban J connectivity index is 2.10. The molecule has 0 radical (unpaired) electrons. The molecule has 0 bridgehead atoms. The third-order valence-electron chi connectivity index (χ3n) is 4.51. The zero-order valence-electron chi connectivity index (χ0n) is 17.5. The van der Waals surface area contributed by atoms with Gasteiger partial charge in [-0.25, -0.2) is 4.79 Å². The second-order valence-electron chi connectivity index (χ2n) is 6.42. The molecule has 0 saturated heterocycles. The summed E-state index contributed by atoms with van der Waals surface area (Å²) in [7, 11) is 3.23. The third-order valence-corrected chi connectivity index (χ3v) is 4.73. The number of methoxy groups -OCH3 is 2. The molecule has 2 aromatic carbocycles. The van der Waals surface area contributed by atoms with E-state index in [1.54, 1.807) is 33.3 Å². The number of ether oxygens (including phenoxy) is 3. The van der Waals surface area contributed by atoms with Gasteiger partial charge in [-0.05, 0) is 73.9 Å². The van der Waals surface area contributed by atoms with Crippen molar-refractivity contribution in [3.8, 4) is 11.5 Å². The van der Waals surface area contributed by atoms with Crippen LogP contribution in [-0.2, 0) is 4.74 Å². The van der Waals surface area contributed by atoms with E-state index in [0.717, 1.165) is 23.2 Å². The average Bonchev–Trinajstić information content (AvgIpc) is 2.73. The van der Waals surface area contributed by atoms with Gasteiger partial charge in [0, 0.05) is 5.69 Å². The third kappa shape index (κ3) is 5.84. The maximum atomic E-state index is 11.9.